The van der Waals surface area contributed by atoms with Crippen LogP contribution >= 0.6 is 0 Å². The molecule has 0 atom stereocenters. The molecule has 7 heteroatoms. The molecular weight excluding hydrogens is 244 g/mol. The molecule has 0 saturated carbocycles. The average molecular weight is 260 g/mol. The zero-order valence-corrected chi connectivity index (χ0v) is 10.8. The van der Waals surface area contributed by atoms with Crippen LogP contribution in [0.5, 0.6) is 0 Å². The fourth-order valence-electron chi connectivity index (χ4n) is 1.69. The van der Waals surface area contributed by atoms with Crippen LogP contribution in [0.2, 0.25) is 0 Å². The molecule has 0 unspecified atom stereocenters. The van der Waals surface area contributed by atoms with Gasteiger partial charge >= 0.3 is 0 Å². The maximum atomic E-state index is 12.0. The Morgan fingerprint density at radius 2 is 2.26 bits per heavy atom. The minimum absolute atomic E-state index is 0.222. The van der Waals surface area contributed by atoms with Gasteiger partial charge in [-0.2, -0.15) is 5.10 Å². The highest BCUT2D eigenvalue weighted by Gasteiger charge is 2.11. The largest absolute Gasteiger partial charge is 0.345 e. The fraction of sp³-hybridized carbons (Fsp3) is 0.250. The van der Waals surface area contributed by atoms with E-state index in [-0.39, 0.29) is 12.5 Å². The molecule has 100 valence electrons. The summed E-state index contributed by atoms with van der Waals surface area (Å²) in [5, 5.41) is 6.83. The standard InChI is InChI=1S/C12H16N6O/c1-8-3-4-9(10(5-8)16-13)12(19)14-6-11-15-7-18(2)17-11/h3-5,7,16H,6,13H2,1-2H3,(H,14,19). The van der Waals surface area contributed by atoms with Crippen LogP contribution in [-0.2, 0) is 13.6 Å². The molecule has 1 aromatic heterocycles. The maximum Gasteiger partial charge on any atom is 0.253 e. The molecular formula is C12H16N6O. The lowest BCUT2D eigenvalue weighted by atomic mass is 10.1. The third-order valence-electron chi connectivity index (χ3n) is 2.63. The predicted molar refractivity (Wildman–Crippen MR) is 71.2 cm³/mol. The lowest BCUT2D eigenvalue weighted by Gasteiger charge is -2.09. The SMILES string of the molecule is Cc1ccc(C(=O)NCc2ncn(C)n2)c(NN)c1. The van der Waals surface area contributed by atoms with Crippen molar-refractivity contribution in [1.29, 1.82) is 0 Å². The molecule has 0 radical (unpaired) electrons. The molecule has 1 amide bonds. The Hall–Kier alpha value is -2.41. The summed E-state index contributed by atoms with van der Waals surface area (Å²) >= 11 is 0. The number of anilines is 1. The number of hydrogen-bond acceptors (Lipinski definition) is 5. The van der Waals surface area contributed by atoms with Gasteiger partial charge < -0.3 is 10.7 Å². The van der Waals surface area contributed by atoms with E-state index >= 15 is 0 Å². The molecule has 0 saturated heterocycles. The van der Waals surface area contributed by atoms with E-state index in [1.807, 2.05) is 19.1 Å². The first kappa shape index (κ1) is 13.0. The van der Waals surface area contributed by atoms with E-state index < -0.39 is 0 Å². The summed E-state index contributed by atoms with van der Waals surface area (Å²) in [6.07, 6.45) is 1.58. The van der Waals surface area contributed by atoms with Crippen LogP contribution in [0.15, 0.2) is 24.5 Å². The van der Waals surface area contributed by atoms with Crippen molar-refractivity contribution in [2.45, 2.75) is 13.5 Å². The first-order valence-corrected chi connectivity index (χ1v) is 5.80. The van der Waals surface area contributed by atoms with Crippen molar-refractivity contribution in [2.75, 3.05) is 5.43 Å². The Morgan fingerprint density at radius 3 is 2.89 bits per heavy atom. The van der Waals surface area contributed by atoms with E-state index in [2.05, 4.69) is 20.8 Å². The van der Waals surface area contributed by atoms with Crippen molar-refractivity contribution in [3.05, 3.63) is 41.5 Å². The lowest BCUT2D eigenvalue weighted by molar-refractivity contribution is 0.0950. The van der Waals surface area contributed by atoms with Gasteiger partial charge in [0.1, 0.15) is 6.33 Å². The van der Waals surface area contributed by atoms with Crippen LogP contribution in [0.4, 0.5) is 5.69 Å². The number of benzene rings is 1. The van der Waals surface area contributed by atoms with E-state index in [4.69, 9.17) is 5.84 Å². The fourth-order valence-corrected chi connectivity index (χ4v) is 1.69. The molecule has 0 aliphatic heterocycles. The maximum absolute atomic E-state index is 12.0. The summed E-state index contributed by atoms with van der Waals surface area (Å²) in [4.78, 5) is 16.1. The smallest absolute Gasteiger partial charge is 0.253 e. The minimum atomic E-state index is -0.222. The number of amides is 1. The monoisotopic (exact) mass is 260 g/mol. The van der Waals surface area contributed by atoms with Gasteiger partial charge in [0.15, 0.2) is 5.82 Å². The van der Waals surface area contributed by atoms with Gasteiger partial charge in [0.05, 0.1) is 17.8 Å². The van der Waals surface area contributed by atoms with E-state index in [0.29, 0.717) is 17.1 Å². The number of nitrogens with two attached hydrogens (primary N) is 1. The van der Waals surface area contributed by atoms with Gasteiger partial charge in [0.2, 0.25) is 0 Å². The molecule has 0 spiro atoms. The van der Waals surface area contributed by atoms with E-state index in [1.54, 1.807) is 24.1 Å². The van der Waals surface area contributed by atoms with Crippen LogP contribution in [0.1, 0.15) is 21.7 Å². The van der Waals surface area contributed by atoms with Crippen LogP contribution in [-0.4, -0.2) is 20.7 Å². The third kappa shape index (κ3) is 3.08. The van der Waals surface area contributed by atoms with Crippen molar-refractivity contribution >= 4 is 11.6 Å². The van der Waals surface area contributed by atoms with Gasteiger partial charge in [-0.25, -0.2) is 4.98 Å². The molecule has 0 aliphatic carbocycles. The van der Waals surface area contributed by atoms with E-state index in [0.717, 1.165) is 5.56 Å². The van der Waals surface area contributed by atoms with Crippen molar-refractivity contribution < 1.29 is 4.79 Å². The Morgan fingerprint density at radius 1 is 1.47 bits per heavy atom. The Bertz CT molecular complexity index is 592. The minimum Gasteiger partial charge on any atom is -0.345 e. The molecule has 0 bridgehead atoms. The lowest BCUT2D eigenvalue weighted by Crippen LogP contribution is -2.25. The van der Waals surface area contributed by atoms with Gasteiger partial charge in [0, 0.05) is 7.05 Å². The summed E-state index contributed by atoms with van der Waals surface area (Å²) in [5.41, 5.74) is 4.63. The van der Waals surface area contributed by atoms with Gasteiger partial charge in [-0.1, -0.05) is 6.07 Å². The first-order chi connectivity index (χ1) is 9.10. The number of hydrazine groups is 1. The molecule has 19 heavy (non-hydrogen) atoms. The highest BCUT2D eigenvalue weighted by Crippen LogP contribution is 2.16. The summed E-state index contributed by atoms with van der Waals surface area (Å²) < 4.78 is 1.58. The second-order valence-corrected chi connectivity index (χ2v) is 4.21. The Balaban J connectivity index is 2.07. The van der Waals surface area contributed by atoms with Gasteiger partial charge in [-0.15, -0.1) is 0 Å². The Labute approximate surface area is 110 Å². The molecule has 0 fully saturated rings. The highest BCUT2D eigenvalue weighted by atomic mass is 16.1. The second kappa shape index (κ2) is 5.49. The molecule has 2 rings (SSSR count). The zero-order valence-electron chi connectivity index (χ0n) is 10.8. The number of carbonyl (C=O) groups is 1. The normalized spacial score (nSPS) is 10.3. The van der Waals surface area contributed by atoms with E-state index in [9.17, 15) is 4.79 Å². The van der Waals surface area contributed by atoms with Crippen molar-refractivity contribution in [1.82, 2.24) is 20.1 Å². The van der Waals surface area contributed by atoms with Crippen LogP contribution in [0, 0.1) is 6.92 Å². The first-order valence-electron chi connectivity index (χ1n) is 5.80. The van der Waals surface area contributed by atoms with Gasteiger partial charge in [-0.3, -0.25) is 15.3 Å². The van der Waals surface area contributed by atoms with E-state index in [1.165, 1.54) is 0 Å². The van der Waals surface area contributed by atoms with Crippen LogP contribution in [0.25, 0.3) is 0 Å². The third-order valence-corrected chi connectivity index (χ3v) is 2.63. The Kier molecular flexibility index (Phi) is 3.76. The summed E-state index contributed by atoms with van der Waals surface area (Å²) in [6.45, 7) is 2.21. The quantitative estimate of drug-likeness (QED) is 0.544. The number of hydrogen-bond donors (Lipinski definition) is 3. The highest BCUT2D eigenvalue weighted by molar-refractivity contribution is 5.99. The second-order valence-electron chi connectivity index (χ2n) is 4.21. The molecule has 1 aromatic carbocycles. The van der Waals surface area contributed by atoms with Crippen LogP contribution in [0.3, 0.4) is 0 Å². The van der Waals surface area contributed by atoms with Gasteiger partial charge in [0.25, 0.3) is 5.91 Å². The molecule has 0 aliphatic rings. The number of nitrogens with one attached hydrogen (secondary N) is 2. The average Bonchev–Trinajstić information content (AvgIpc) is 2.81. The molecule has 1 heterocycles. The summed E-state index contributed by atoms with van der Waals surface area (Å²) in [5.74, 6) is 5.75. The molecule has 2 aromatic rings. The topological polar surface area (TPSA) is 97.9 Å². The zero-order chi connectivity index (χ0) is 13.8. The van der Waals surface area contributed by atoms with Gasteiger partial charge in [-0.05, 0) is 24.6 Å². The van der Waals surface area contributed by atoms with Crippen molar-refractivity contribution in [2.24, 2.45) is 12.9 Å². The molecule has 7 nitrogen and oxygen atoms in total. The summed E-state index contributed by atoms with van der Waals surface area (Å²) in [6, 6.07) is 5.40. The number of rotatable bonds is 4. The summed E-state index contributed by atoms with van der Waals surface area (Å²) in [7, 11) is 1.77. The van der Waals surface area contributed by atoms with Crippen molar-refractivity contribution in [3.63, 3.8) is 0 Å². The van der Waals surface area contributed by atoms with Crippen LogP contribution < -0.4 is 16.6 Å². The predicted octanol–water partition coefficient (Wildman–Crippen LogP) is 0.339. The number of aryl methyl sites for hydroxylation is 2. The number of carbonyl (C=O) groups excluding carboxylic acids is 1. The van der Waals surface area contributed by atoms with Crippen molar-refractivity contribution in [3.8, 4) is 0 Å². The number of aromatic nitrogens is 3. The molecule has 4 N–H and O–H groups in total. The number of nitrogen functional groups attached to an aromatic ring is 1. The number of nitrogens with zero attached hydrogens (tertiary/aromatic N) is 3.